The van der Waals surface area contributed by atoms with Crippen molar-refractivity contribution < 1.29 is 0 Å². The third kappa shape index (κ3) is 6.66. The molecule has 0 aromatic carbocycles. The Morgan fingerprint density at radius 3 is 2.19 bits per heavy atom. The van der Waals surface area contributed by atoms with Gasteiger partial charge in [0.1, 0.15) is 0 Å². The summed E-state index contributed by atoms with van der Waals surface area (Å²) in [4.78, 5) is 5.16. The Hall–Kier alpha value is -0.770. The Morgan fingerprint density at radius 1 is 0.926 bits per heavy atom. The molecule has 3 aliphatic carbocycles. The number of hydrogen-bond acceptors (Lipinski definition) is 2. The molecule has 27 heavy (non-hydrogen) atoms. The van der Waals surface area contributed by atoms with Gasteiger partial charge in [-0.3, -0.25) is 0 Å². The molecule has 3 aliphatic rings. The van der Waals surface area contributed by atoms with Gasteiger partial charge in [0.05, 0.1) is 6.04 Å². The van der Waals surface area contributed by atoms with Crippen LogP contribution in [0.5, 0.6) is 0 Å². The highest BCUT2D eigenvalue weighted by Gasteiger charge is 2.40. The molecule has 0 amide bonds. The predicted molar refractivity (Wildman–Crippen MR) is 116 cm³/mol. The van der Waals surface area contributed by atoms with Gasteiger partial charge < -0.3 is 16.4 Å². The highest BCUT2D eigenvalue weighted by Crippen LogP contribution is 2.45. The average Bonchev–Trinajstić information content (AvgIpc) is 2.59. The molecule has 0 aromatic heterocycles. The minimum absolute atomic E-state index is 0.253. The van der Waals surface area contributed by atoms with Crippen LogP contribution in [0.4, 0.5) is 0 Å². The molecule has 2 atom stereocenters. The molecule has 0 radical (unpaired) electrons. The summed E-state index contributed by atoms with van der Waals surface area (Å²) in [5, 5.41) is 7.57. The maximum Gasteiger partial charge on any atom is 0.191 e. The van der Waals surface area contributed by atoms with E-state index < -0.39 is 0 Å². The Labute approximate surface area is 167 Å². The summed E-state index contributed by atoms with van der Waals surface area (Å²) < 4.78 is 0. The normalized spacial score (nSPS) is 33.6. The summed E-state index contributed by atoms with van der Waals surface area (Å²) in [6, 6.07) is 1.44. The number of nitrogens with two attached hydrogens (primary N) is 1. The standard InChI is InChI=1S/C23H44N4/c1-22(2)14-18(24)15-23(3,16-22)17-25-21(26-19-10-6-4-7-11-19)27-20-12-8-5-9-13-20/h18-20H,4-17,24H2,1-3H3,(H2,25,26,27). The van der Waals surface area contributed by atoms with Gasteiger partial charge in [0.25, 0.3) is 0 Å². The van der Waals surface area contributed by atoms with Crippen molar-refractivity contribution in [2.45, 2.75) is 122 Å². The highest BCUT2D eigenvalue weighted by molar-refractivity contribution is 5.80. The second-order valence-corrected chi connectivity index (χ2v) is 10.9. The number of nitrogens with one attached hydrogen (secondary N) is 2. The number of rotatable bonds is 4. The van der Waals surface area contributed by atoms with Gasteiger partial charge >= 0.3 is 0 Å². The Bertz CT molecular complexity index is 489. The minimum Gasteiger partial charge on any atom is -0.356 e. The fourth-order valence-corrected chi connectivity index (χ4v) is 6.11. The van der Waals surface area contributed by atoms with Gasteiger partial charge in [0.2, 0.25) is 0 Å². The van der Waals surface area contributed by atoms with E-state index in [1.165, 1.54) is 70.6 Å². The lowest BCUT2D eigenvalue weighted by Crippen LogP contribution is -2.51. The van der Waals surface area contributed by atoms with Crippen LogP contribution in [0, 0.1) is 10.8 Å². The molecular weight excluding hydrogens is 332 g/mol. The Morgan fingerprint density at radius 2 is 1.56 bits per heavy atom. The zero-order valence-corrected chi connectivity index (χ0v) is 18.2. The Balaban J connectivity index is 1.63. The molecule has 3 fully saturated rings. The summed E-state index contributed by atoms with van der Waals surface area (Å²) in [5.41, 5.74) is 7.01. The second-order valence-electron chi connectivity index (χ2n) is 10.9. The van der Waals surface area contributed by atoms with E-state index in [9.17, 15) is 0 Å². The summed E-state index contributed by atoms with van der Waals surface area (Å²) in [6.07, 6.45) is 16.8. The molecule has 4 nitrogen and oxygen atoms in total. The van der Waals surface area contributed by atoms with Crippen LogP contribution < -0.4 is 16.4 Å². The number of aliphatic imine (C=N–C) groups is 1. The first-order chi connectivity index (χ1) is 12.8. The van der Waals surface area contributed by atoms with Crippen LogP contribution in [0.2, 0.25) is 0 Å². The van der Waals surface area contributed by atoms with Crippen molar-refractivity contribution in [3.8, 4) is 0 Å². The Kier molecular flexibility index (Phi) is 7.10. The molecule has 0 aromatic rings. The quantitative estimate of drug-likeness (QED) is 0.491. The van der Waals surface area contributed by atoms with E-state index in [1.807, 2.05) is 0 Å². The lowest BCUT2D eigenvalue weighted by atomic mass is 9.63. The number of nitrogens with zero attached hydrogens (tertiary/aromatic N) is 1. The van der Waals surface area contributed by atoms with E-state index in [0.29, 0.717) is 23.5 Å². The van der Waals surface area contributed by atoms with Crippen LogP contribution >= 0.6 is 0 Å². The molecule has 3 rings (SSSR count). The minimum atomic E-state index is 0.253. The van der Waals surface area contributed by atoms with E-state index in [2.05, 4.69) is 31.4 Å². The van der Waals surface area contributed by atoms with Gasteiger partial charge in [-0.2, -0.15) is 0 Å². The fourth-order valence-electron chi connectivity index (χ4n) is 6.11. The lowest BCUT2D eigenvalue weighted by Gasteiger charge is -2.46. The summed E-state index contributed by atoms with van der Waals surface area (Å²) in [6.45, 7) is 8.15. The van der Waals surface area contributed by atoms with Crippen molar-refractivity contribution in [2.75, 3.05) is 6.54 Å². The maximum atomic E-state index is 6.42. The number of hydrogen-bond donors (Lipinski definition) is 3. The molecular formula is C23H44N4. The van der Waals surface area contributed by atoms with Crippen molar-refractivity contribution in [3.63, 3.8) is 0 Å². The van der Waals surface area contributed by atoms with E-state index in [1.54, 1.807) is 0 Å². The SMILES string of the molecule is CC1(C)CC(N)CC(C)(CN/C(=N\C2CCCCC2)NC2CCCCC2)C1. The van der Waals surface area contributed by atoms with Crippen LogP contribution in [0.3, 0.4) is 0 Å². The van der Waals surface area contributed by atoms with Crippen LogP contribution in [0.15, 0.2) is 4.99 Å². The molecule has 156 valence electrons. The smallest absolute Gasteiger partial charge is 0.191 e. The van der Waals surface area contributed by atoms with Gasteiger partial charge in [-0.05, 0) is 55.8 Å². The van der Waals surface area contributed by atoms with E-state index in [0.717, 1.165) is 25.3 Å². The topological polar surface area (TPSA) is 62.4 Å². The average molecular weight is 377 g/mol. The molecule has 0 spiro atoms. The first kappa shape index (κ1) is 21.0. The fraction of sp³-hybridized carbons (Fsp3) is 0.957. The molecule has 3 saturated carbocycles. The maximum absolute atomic E-state index is 6.42. The molecule has 2 unspecified atom stereocenters. The van der Waals surface area contributed by atoms with E-state index >= 15 is 0 Å². The number of guanidine groups is 1. The first-order valence-corrected chi connectivity index (χ1v) is 11.7. The summed E-state index contributed by atoms with van der Waals surface area (Å²) in [7, 11) is 0. The summed E-state index contributed by atoms with van der Waals surface area (Å²) in [5.74, 6) is 1.08. The van der Waals surface area contributed by atoms with Crippen molar-refractivity contribution in [1.29, 1.82) is 0 Å². The predicted octanol–water partition coefficient (Wildman–Crippen LogP) is 4.73. The first-order valence-electron chi connectivity index (χ1n) is 11.7. The third-order valence-electron chi connectivity index (χ3n) is 6.99. The monoisotopic (exact) mass is 376 g/mol. The van der Waals surface area contributed by atoms with Crippen LogP contribution in [0.25, 0.3) is 0 Å². The van der Waals surface area contributed by atoms with Crippen molar-refractivity contribution in [2.24, 2.45) is 21.6 Å². The third-order valence-corrected chi connectivity index (χ3v) is 6.99. The molecule has 4 heteroatoms. The van der Waals surface area contributed by atoms with Crippen molar-refractivity contribution in [1.82, 2.24) is 10.6 Å². The van der Waals surface area contributed by atoms with Crippen molar-refractivity contribution >= 4 is 5.96 Å². The summed E-state index contributed by atoms with van der Waals surface area (Å²) >= 11 is 0. The zero-order chi connectivity index (χ0) is 19.3. The molecule has 0 aliphatic heterocycles. The lowest BCUT2D eigenvalue weighted by molar-refractivity contribution is 0.0863. The largest absolute Gasteiger partial charge is 0.356 e. The van der Waals surface area contributed by atoms with Gasteiger partial charge in [-0.1, -0.05) is 59.3 Å². The van der Waals surface area contributed by atoms with E-state index in [4.69, 9.17) is 10.7 Å². The molecule has 4 N–H and O–H groups in total. The molecule has 0 heterocycles. The van der Waals surface area contributed by atoms with Crippen molar-refractivity contribution in [3.05, 3.63) is 0 Å². The van der Waals surface area contributed by atoms with Gasteiger partial charge in [0, 0.05) is 18.6 Å². The second kappa shape index (κ2) is 9.15. The van der Waals surface area contributed by atoms with Crippen LogP contribution in [-0.2, 0) is 0 Å². The van der Waals surface area contributed by atoms with Gasteiger partial charge in [0.15, 0.2) is 5.96 Å². The highest BCUT2D eigenvalue weighted by atomic mass is 15.2. The molecule has 0 bridgehead atoms. The van der Waals surface area contributed by atoms with Gasteiger partial charge in [-0.15, -0.1) is 0 Å². The van der Waals surface area contributed by atoms with Gasteiger partial charge in [-0.25, -0.2) is 4.99 Å². The zero-order valence-electron chi connectivity index (χ0n) is 18.2. The molecule has 0 saturated heterocycles. The van der Waals surface area contributed by atoms with Crippen LogP contribution in [-0.4, -0.2) is 30.6 Å². The van der Waals surface area contributed by atoms with Crippen LogP contribution in [0.1, 0.15) is 104 Å². The van der Waals surface area contributed by atoms with E-state index in [-0.39, 0.29) is 5.41 Å².